The van der Waals surface area contributed by atoms with E-state index >= 15 is 0 Å². The van der Waals surface area contributed by atoms with Crippen molar-refractivity contribution >= 4 is 16.8 Å². The topological polar surface area (TPSA) is 57.8 Å². The molecule has 0 radical (unpaired) electrons. The molecular weight excluding hydrogens is 353 g/mol. The minimum Gasteiger partial charge on any atom is -0.358 e. The van der Waals surface area contributed by atoms with Crippen LogP contribution in [0.25, 0.3) is 10.9 Å². The van der Waals surface area contributed by atoms with Crippen LogP contribution < -0.4 is 5.32 Å². The minimum absolute atomic E-state index is 0.0473. The lowest BCUT2D eigenvalue weighted by molar-refractivity contribution is -0.120. The Kier molecular flexibility index (Phi) is 5.15. The van der Waals surface area contributed by atoms with Crippen LogP contribution in [0, 0.1) is 5.82 Å². The smallest absolute Gasteiger partial charge is 0.224 e. The normalized spacial score (nSPS) is 10.9. The van der Waals surface area contributed by atoms with Crippen molar-refractivity contribution in [3.8, 4) is 0 Å². The number of benzene rings is 2. The van der Waals surface area contributed by atoms with Crippen LogP contribution in [0.1, 0.15) is 22.4 Å². The minimum atomic E-state index is -0.254. The molecule has 0 saturated heterocycles. The molecule has 0 aliphatic heterocycles. The van der Waals surface area contributed by atoms with Crippen molar-refractivity contribution in [1.82, 2.24) is 15.3 Å². The quantitative estimate of drug-likeness (QED) is 0.533. The number of pyridine rings is 1. The molecule has 28 heavy (non-hydrogen) atoms. The molecule has 2 heterocycles. The molecule has 0 spiro atoms. The number of aromatic amines is 1. The number of nitrogens with zero attached hydrogens (tertiary/aromatic N) is 1. The second-order valence-corrected chi connectivity index (χ2v) is 6.75. The van der Waals surface area contributed by atoms with E-state index in [1.807, 2.05) is 36.4 Å². The molecular formula is C23H20FN3O. The van der Waals surface area contributed by atoms with Gasteiger partial charge in [0.1, 0.15) is 5.82 Å². The number of H-pyrrole nitrogens is 1. The first-order valence-electron chi connectivity index (χ1n) is 9.17. The van der Waals surface area contributed by atoms with E-state index in [1.165, 1.54) is 12.1 Å². The molecule has 0 aliphatic rings. The van der Waals surface area contributed by atoms with Crippen LogP contribution in [0.5, 0.6) is 0 Å². The maximum atomic E-state index is 13.2. The first-order chi connectivity index (χ1) is 13.7. The van der Waals surface area contributed by atoms with Gasteiger partial charge in [-0.1, -0.05) is 36.4 Å². The lowest BCUT2D eigenvalue weighted by Crippen LogP contribution is -2.25. The Labute approximate surface area is 162 Å². The lowest BCUT2D eigenvalue weighted by atomic mass is 10.0. The third-order valence-corrected chi connectivity index (χ3v) is 4.75. The molecule has 4 nitrogen and oxygen atoms in total. The van der Waals surface area contributed by atoms with Crippen LogP contribution in [0.15, 0.2) is 73.1 Å². The summed E-state index contributed by atoms with van der Waals surface area (Å²) < 4.78 is 13.2. The number of halogens is 1. The summed E-state index contributed by atoms with van der Waals surface area (Å²) in [5, 5.41) is 4.00. The average molecular weight is 373 g/mol. The van der Waals surface area contributed by atoms with Gasteiger partial charge < -0.3 is 10.3 Å². The van der Waals surface area contributed by atoms with E-state index in [4.69, 9.17) is 0 Å². The van der Waals surface area contributed by atoms with Gasteiger partial charge in [0.15, 0.2) is 0 Å². The number of nitrogens with one attached hydrogen (secondary N) is 2. The van der Waals surface area contributed by atoms with Crippen LogP contribution in [-0.2, 0) is 24.2 Å². The van der Waals surface area contributed by atoms with Crippen molar-refractivity contribution in [1.29, 1.82) is 0 Å². The van der Waals surface area contributed by atoms with Crippen LogP contribution in [0.4, 0.5) is 4.39 Å². The molecule has 2 aromatic heterocycles. The second-order valence-electron chi connectivity index (χ2n) is 6.75. The highest BCUT2D eigenvalue weighted by atomic mass is 19.1. The Balaban J connectivity index is 1.56. The van der Waals surface area contributed by atoms with Crippen LogP contribution in [-0.4, -0.2) is 15.9 Å². The van der Waals surface area contributed by atoms with Crippen molar-refractivity contribution < 1.29 is 9.18 Å². The third kappa shape index (κ3) is 4.09. The van der Waals surface area contributed by atoms with Crippen LogP contribution >= 0.6 is 0 Å². The van der Waals surface area contributed by atoms with Gasteiger partial charge in [0.25, 0.3) is 0 Å². The number of rotatable bonds is 6. The zero-order chi connectivity index (χ0) is 19.3. The fourth-order valence-corrected chi connectivity index (χ4v) is 3.34. The largest absolute Gasteiger partial charge is 0.358 e. The fourth-order valence-electron chi connectivity index (χ4n) is 3.34. The highest BCUT2D eigenvalue weighted by molar-refractivity contribution is 5.90. The molecule has 0 aliphatic carbocycles. The lowest BCUT2D eigenvalue weighted by Gasteiger charge is -2.08. The summed E-state index contributed by atoms with van der Waals surface area (Å²) >= 11 is 0. The molecule has 4 aromatic rings. The highest BCUT2D eigenvalue weighted by Gasteiger charge is 2.15. The van der Waals surface area contributed by atoms with E-state index in [9.17, 15) is 9.18 Å². The second kappa shape index (κ2) is 8.05. The van der Waals surface area contributed by atoms with Gasteiger partial charge in [-0.15, -0.1) is 0 Å². The first-order valence-corrected chi connectivity index (χ1v) is 9.17. The van der Waals surface area contributed by atoms with Crippen molar-refractivity contribution in [2.24, 2.45) is 0 Å². The fraction of sp³-hybridized carbons (Fsp3) is 0.130. The molecule has 1 amide bonds. The van der Waals surface area contributed by atoms with E-state index in [0.29, 0.717) is 13.0 Å². The molecule has 4 rings (SSSR count). The molecule has 0 fully saturated rings. The van der Waals surface area contributed by atoms with Crippen LogP contribution in [0.3, 0.4) is 0 Å². The summed E-state index contributed by atoms with van der Waals surface area (Å²) in [5.74, 6) is -0.302. The molecule has 5 heteroatoms. The number of fused-ring (bicyclic) bond motifs is 1. The Morgan fingerprint density at radius 1 is 1.00 bits per heavy atom. The van der Waals surface area contributed by atoms with Gasteiger partial charge in [0.2, 0.25) is 5.91 Å². The zero-order valence-corrected chi connectivity index (χ0v) is 15.3. The van der Waals surface area contributed by atoms with Gasteiger partial charge in [0, 0.05) is 42.0 Å². The molecule has 0 saturated carbocycles. The molecule has 2 aromatic carbocycles. The Hall–Kier alpha value is -3.47. The van der Waals surface area contributed by atoms with Gasteiger partial charge in [-0.05, 0) is 41.0 Å². The molecule has 0 bridgehead atoms. The maximum Gasteiger partial charge on any atom is 0.224 e. The van der Waals surface area contributed by atoms with Gasteiger partial charge in [-0.3, -0.25) is 9.78 Å². The van der Waals surface area contributed by atoms with E-state index in [1.54, 1.807) is 24.5 Å². The number of hydrogen-bond acceptors (Lipinski definition) is 2. The summed E-state index contributed by atoms with van der Waals surface area (Å²) in [6.45, 7) is 0.447. The highest BCUT2D eigenvalue weighted by Crippen LogP contribution is 2.25. The van der Waals surface area contributed by atoms with E-state index in [0.717, 1.165) is 33.3 Å². The van der Waals surface area contributed by atoms with Crippen LogP contribution in [0.2, 0.25) is 0 Å². The van der Waals surface area contributed by atoms with E-state index in [-0.39, 0.29) is 18.1 Å². The predicted octanol–water partition coefficient (Wildman–Crippen LogP) is 4.15. The van der Waals surface area contributed by atoms with Gasteiger partial charge in [-0.25, -0.2) is 4.39 Å². The Morgan fingerprint density at radius 3 is 2.61 bits per heavy atom. The predicted molar refractivity (Wildman–Crippen MR) is 107 cm³/mol. The summed E-state index contributed by atoms with van der Waals surface area (Å²) in [6.07, 6.45) is 4.34. The van der Waals surface area contributed by atoms with Gasteiger partial charge >= 0.3 is 0 Å². The summed E-state index contributed by atoms with van der Waals surface area (Å²) in [6, 6.07) is 18.2. The SMILES string of the molecule is O=C(Cc1c(Cc2ccc(F)cc2)[nH]c2ccccc12)NCc1cccnc1. The standard InChI is InChI=1S/C23H20FN3O/c24-18-9-7-16(8-10-18)12-22-20(19-5-1-2-6-21(19)27-22)13-23(28)26-15-17-4-3-11-25-14-17/h1-11,14,27H,12-13,15H2,(H,26,28). The Bertz CT molecular complexity index is 1090. The van der Waals surface area contributed by atoms with Crippen molar-refractivity contribution in [2.45, 2.75) is 19.4 Å². The summed E-state index contributed by atoms with van der Waals surface area (Å²) in [5.41, 5.74) is 4.90. The van der Waals surface area contributed by atoms with Gasteiger partial charge in [-0.2, -0.15) is 0 Å². The third-order valence-electron chi connectivity index (χ3n) is 4.75. The van der Waals surface area contributed by atoms with Crippen molar-refractivity contribution in [3.05, 3.63) is 101 Å². The number of aromatic nitrogens is 2. The average Bonchev–Trinajstić information content (AvgIpc) is 3.06. The molecule has 2 N–H and O–H groups in total. The first kappa shape index (κ1) is 17.9. The zero-order valence-electron chi connectivity index (χ0n) is 15.3. The number of carbonyl (C=O) groups excluding carboxylic acids is 1. The number of para-hydroxylation sites is 1. The van der Waals surface area contributed by atoms with Crippen molar-refractivity contribution in [2.75, 3.05) is 0 Å². The van der Waals surface area contributed by atoms with Crippen molar-refractivity contribution in [3.63, 3.8) is 0 Å². The number of amides is 1. The monoisotopic (exact) mass is 373 g/mol. The molecule has 0 unspecified atom stereocenters. The maximum absolute atomic E-state index is 13.2. The number of carbonyl (C=O) groups is 1. The summed E-state index contributed by atoms with van der Waals surface area (Å²) in [7, 11) is 0. The molecule has 0 atom stereocenters. The van der Waals surface area contributed by atoms with E-state index < -0.39 is 0 Å². The van der Waals surface area contributed by atoms with E-state index in [2.05, 4.69) is 15.3 Å². The van der Waals surface area contributed by atoms with Gasteiger partial charge in [0.05, 0.1) is 6.42 Å². The number of hydrogen-bond donors (Lipinski definition) is 2. The summed E-state index contributed by atoms with van der Waals surface area (Å²) in [4.78, 5) is 20.1. The molecule has 140 valence electrons. The Morgan fingerprint density at radius 2 is 1.82 bits per heavy atom.